The van der Waals surface area contributed by atoms with Gasteiger partial charge in [-0.1, -0.05) is 6.07 Å². The number of aryl methyl sites for hydroxylation is 3. The fourth-order valence-corrected chi connectivity index (χ4v) is 4.78. The third-order valence-electron chi connectivity index (χ3n) is 5.66. The predicted octanol–water partition coefficient (Wildman–Crippen LogP) is 2.84. The summed E-state index contributed by atoms with van der Waals surface area (Å²) >= 11 is 0. The summed E-state index contributed by atoms with van der Waals surface area (Å²) in [5.41, 5.74) is 0.912. The Morgan fingerprint density at radius 2 is 1.76 bits per heavy atom. The monoisotopic (exact) mass is 529 g/mol. The summed E-state index contributed by atoms with van der Waals surface area (Å²) in [6.07, 6.45) is 3.91. The van der Waals surface area contributed by atoms with Gasteiger partial charge in [0.2, 0.25) is 0 Å². The van der Waals surface area contributed by atoms with Gasteiger partial charge in [0, 0.05) is 45.9 Å². The van der Waals surface area contributed by atoms with Gasteiger partial charge in [0.15, 0.2) is 10.8 Å². The fourth-order valence-electron chi connectivity index (χ4n) is 3.74. The number of carboxylic acid groups (broad SMARTS) is 1. The Morgan fingerprint density at radius 3 is 2.43 bits per heavy atom. The average molecular weight is 530 g/mol. The quantitative estimate of drug-likeness (QED) is 0.282. The summed E-state index contributed by atoms with van der Waals surface area (Å²) in [6.45, 7) is 0.337. The normalized spacial score (nSPS) is 11.5. The van der Waals surface area contributed by atoms with E-state index in [1.807, 2.05) is 0 Å². The third kappa shape index (κ3) is 5.77. The Morgan fingerprint density at radius 1 is 1.05 bits per heavy atom. The molecule has 2 aromatic carbocycles. The van der Waals surface area contributed by atoms with Crippen LogP contribution in [-0.4, -0.2) is 44.8 Å². The van der Waals surface area contributed by atoms with E-state index in [0.29, 0.717) is 42.0 Å². The summed E-state index contributed by atoms with van der Waals surface area (Å²) in [5, 5.41) is 8.57. The molecule has 2 heterocycles. The predicted molar refractivity (Wildman–Crippen MR) is 136 cm³/mol. The molecule has 0 unspecified atom stereocenters. The summed E-state index contributed by atoms with van der Waals surface area (Å²) in [5.74, 6) is 0.211. The van der Waals surface area contributed by atoms with Crippen LogP contribution in [0.15, 0.2) is 58.7 Å². The van der Waals surface area contributed by atoms with Crippen LogP contribution in [-0.2, 0) is 36.0 Å². The molecule has 0 fully saturated rings. The molecule has 0 aliphatic rings. The molecule has 4 aromatic rings. The highest BCUT2D eigenvalue weighted by molar-refractivity contribution is 7.92. The van der Waals surface area contributed by atoms with E-state index in [2.05, 4.69) is 9.71 Å². The molecule has 2 N–H and O–H groups in total. The molecule has 196 valence electrons. The van der Waals surface area contributed by atoms with Gasteiger partial charge in [-0.2, -0.15) is 8.42 Å². The second-order valence-electron chi connectivity index (χ2n) is 8.50. The number of imidazole rings is 2. The zero-order valence-corrected chi connectivity index (χ0v) is 21.4. The van der Waals surface area contributed by atoms with Crippen molar-refractivity contribution in [3.63, 3.8) is 0 Å². The summed E-state index contributed by atoms with van der Waals surface area (Å²) in [6, 6.07) is 9.90. The van der Waals surface area contributed by atoms with Crippen molar-refractivity contribution in [1.82, 2.24) is 18.7 Å². The number of sulfonamides is 1. The van der Waals surface area contributed by atoms with Crippen molar-refractivity contribution in [2.45, 2.75) is 24.3 Å². The molecule has 4 rings (SSSR count). The van der Waals surface area contributed by atoms with Crippen LogP contribution in [0.1, 0.15) is 19.3 Å². The number of nitrogens with one attached hydrogen (secondary N) is 1. The Bertz CT molecular complexity index is 1620. The maximum Gasteiger partial charge on any atom is 0.328 e. The van der Waals surface area contributed by atoms with Crippen molar-refractivity contribution >= 4 is 32.7 Å². The van der Waals surface area contributed by atoms with E-state index >= 15 is 0 Å². The zero-order valence-electron chi connectivity index (χ0n) is 20.5. The number of benzene rings is 2. The van der Waals surface area contributed by atoms with E-state index in [1.165, 1.54) is 32.3 Å². The molecule has 12 nitrogen and oxygen atoms in total. The van der Waals surface area contributed by atoms with Gasteiger partial charge < -0.3 is 19.1 Å². The molecular formula is C24H27N5O7S. The first-order chi connectivity index (χ1) is 17.5. The van der Waals surface area contributed by atoms with Gasteiger partial charge in [0.25, 0.3) is 10.0 Å². The first-order valence-electron chi connectivity index (χ1n) is 11.4. The largest absolute Gasteiger partial charge is 0.493 e. The minimum atomic E-state index is -4.05. The van der Waals surface area contributed by atoms with Gasteiger partial charge in [-0.25, -0.2) is 9.78 Å². The molecule has 0 bridgehead atoms. The number of nitrogens with zero attached hydrogens (tertiary/aromatic N) is 4. The lowest BCUT2D eigenvalue weighted by atomic mass is 10.2. The van der Waals surface area contributed by atoms with Crippen molar-refractivity contribution < 1.29 is 27.8 Å². The lowest BCUT2D eigenvalue weighted by Crippen LogP contribution is -2.19. The van der Waals surface area contributed by atoms with E-state index in [-0.39, 0.29) is 28.6 Å². The maximum absolute atomic E-state index is 13.0. The van der Waals surface area contributed by atoms with Crippen LogP contribution in [0.5, 0.6) is 17.2 Å². The average Bonchev–Trinajstić information content (AvgIpc) is 3.37. The Hall–Kier alpha value is -4.26. The minimum absolute atomic E-state index is 0.0775. The van der Waals surface area contributed by atoms with E-state index in [1.54, 1.807) is 51.5 Å². The van der Waals surface area contributed by atoms with Gasteiger partial charge >= 0.3 is 11.7 Å². The van der Waals surface area contributed by atoms with Crippen molar-refractivity contribution in [2.24, 2.45) is 21.1 Å². The summed E-state index contributed by atoms with van der Waals surface area (Å²) in [4.78, 5) is 27.1. The van der Waals surface area contributed by atoms with Gasteiger partial charge in [0.05, 0.1) is 29.7 Å². The lowest BCUT2D eigenvalue weighted by molar-refractivity contribution is -0.137. The van der Waals surface area contributed by atoms with Crippen LogP contribution >= 0.6 is 0 Å². The number of aliphatic carboxylic acids is 1. The molecule has 0 saturated carbocycles. The number of unbranched alkanes of at least 4 members (excludes halogenated alkanes) is 1. The number of hydrogen-bond acceptors (Lipinski definition) is 7. The fraction of sp³-hybridized carbons (Fsp3) is 0.292. The number of anilines is 1. The van der Waals surface area contributed by atoms with Crippen molar-refractivity contribution in [3.8, 4) is 17.2 Å². The number of hydrogen-bond donors (Lipinski definition) is 2. The van der Waals surface area contributed by atoms with E-state index < -0.39 is 16.0 Å². The molecule has 0 saturated heterocycles. The standard InChI is InChI=1S/C24H27N5O7S/c1-27-14-22(25-15-27)37(33,34)26-18-12-19-20(29(3)24(32)28(19)2)13-21(18)36-17-8-6-7-16(11-17)35-10-5-4-9-23(30)31/h6-8,11-15,26H,4-5,9-10H2,1-3H3,(H,30,31). The molecule has 0 aliphatic heterocycles. The minimum Gasteiger partial charge on any atom is -0.493 e. The van der Waals surface area contributed by atoms with Crippen LogP contribution < -0.4 is 19.9 Å². The molecule has 0 atom stereocenters. The molecule has 0 aliphatic carbocycles. The first-order valence-corrected chi connectivity index (χ1v) is 12.9. The van der Waals surface area contributed by atoms with Gasteiger partial charge in [0.1, 0.15) is 11.5 Å². The van der Waals surface area contributed by atoms with Crippen molar-refractivity contribution in [3.05, 3.63) is 59.4 Å². The number of ether oxygens (including phenoxy) is 2. The Labute approximate surface area is 212 Å². The van der Waals surface area contributed by atoms with Crippen LogP contribution in [0, 0.1) is 0 Å². The Kier molecular flexibility index (Phi) is 7.25. The Balaban J connectivity index is 1.65. The molecule has 2 aromatic heterocycles. The van der Waals surface area contributed by atoms with Crippen molar-refractivity contribution in [2.75, 3.05) is 11.3 Å². The third-order valence-corrected chi connectivity index (χ3v) is 6.91. The first kappa shape index (κ1) is 25.8. The molecule has 0 amide bonds. The smallest absolute Gasteiger partial charge is 0.328 e. The zero-order chi connectivity index (χ0) is 26.7. The number of carbonyl (C=O) groups is 1. The van der Waals surface area contributed by atoms with Crippen LogP contribution in [0.25, 0.3) is 11.0 Å². The molecule has 13 heteroatoms. The van der Waals surface area contributed by atoms with Crippen LogP contribution in [0.3, 0.4) is 0 Å². The number of rotatable bonds is 11. The highest BCUT2D eigenvalue weighted by Gasteiger charge is 2.22. The van der Waals surface area contributed by atoms with E-state index in [4.69, 9.17) is 14.6 Å². The van der Waals surface area contributed by atoms with Gasteiger partial charge in [-0.15, -0.1) is 0 Å². The van der Waals surface area contributed by atoms with E-state index in [0.717, 1.165) is 0 Å². The number of fused-ring (bicyclic) bond motifs is 1. The molecular weight excluding hydrogens is 502 g/mol. The van der Waals surface area contributed by atoms with Crippen molar-refractivity contribution in [1.29, 1.82) is 0 Å². The maximum atomic E-state index is 13.0. The highest BCUT2D eigenvalue weighted by atomic mass is 32.2. The van der Waals surface area contributed by atoms with Crippen LogP contribution in [0.2, 0.25) is 0 Å². The molecule has 0 spiro atoms. The number of carboxylic acids is 1. The summed E-state index contributed by atoms with van der Waals surface area (Å²) in [7, 11) is 0.827. The molecule has 37 heavy (non-hydrogen) atoms. The molecule has 0 radical (unpaired) electrons. The van der Waals surface area contributed by atoms with E-state index in [9.17, 15) is 18.0 Å². The summed E-state index contributed by atoms with van der Waals surface area (Å²) < 4.78 is 44.7. The highest BCUT2D eigenvalue weighted by Crippen LogP contribution is 2.35. The SMILES string of the molecule is Cn1cnc(S(=O)(=O)Nc2cc3c(cc2Oc2cccc(OCCCCC(=O)O)c2)n(C)c(=O)n3C)c1. The van der Waals surface area contributed by atoms with Gasteiger partial charge in [-0.3, -0.25) is 18.7 Å². The second-order valence-corrected chi connectivity index (χ2v) is 10.1. The second kappa shape index (κ2) is 10.4. The van der Waals surface area contributed by atoms with Gasteiger partial charge in [-0.05, 0) is 31.0 Å². The number of aromatic nitrogens is 4. The van der Waals surface area contributed by atoms with Crippen LogP contribution in [0.4, 0.5) is 5.69 Å². The lowest BCUT2D eigenvalue weighted by Gasteiger charge is -2.14. The topological polar surface area (TPSA) is 147 Å².